The van der Waals surface area contributed by atoms with E-state index in [0.717, 1.165) is 17.0 Å². The zero-order valence-electron chi connectivity index (χ0n) is 11.6. The minimum Gasteiger partial charge on any atom is -0.361 e. The number of carbonyl (C=O) groups excluding carboxylic acids is 1. The van der Waals surface area contributed by atoms with Crippen molar-refractivity contribution < 1.29 is 9.32 Å². The molecular formula is C13H14N6O2. The van der Waals surface area contributed by atoms with Crippen molar-refractivity contribution in [1.29, 1.82) is 0 Å². The van der Waals surface area contributed by atoms with Crippen LogP contribution < -0.4 is 5.32 Å². The lowest BCUT2D eigenvalue weighted by Gasteiger charge is -2.02. The van der Waals surface area contributed by atoms with E-state index < -0.39 is 0 Å². The molecule has 0 unspecified atom stereocenters. The van der Waals surface area contributed by atoms with Gasteiger partial charge in [-0.05, 0) is 13.8 Å². The van der Waals surface area contributed by atoms with Crippen molar-refractivity contribution in [2.75, 3.05) is 5.32 Å². The minimum atomic E-state index is -0.288. The second-order valence-electron chi connectivity index (χ2n) is 4.63. The third-order valence-electron chi connectivity index (χ3n) is 3.12. The first-order valence-electron chi connectivity index (χ1n) is 6.37. The van der Waals surface area contributed by atoms with Gasteiger partial charge in [-0.25, -0.2) is 9.78 Å². The average Bonchev–Trinajstić information content (AvgIpc) is 3.17. The Bertz CT molecular complexity index is 736. The van der Waals surface area contributed by atoms with Gasteiger partial charge >= 0.3 is 6.03 Å². The Morgan fingerprint density at radius 1 is 1.43 bits per heavy atom. The van der Waals surface area contributed by atoms with Crippen molar-refractivity contribution in [2.45, 2.75) is 20.4 Å². The van der Waals surface area contributed by atoms with Crippen LogP contribution >= 0.6 is 0 Å². The van der Waals surface area contributed by atoms with Gasteiger partial charge in [-0.1, -0.05) is 5.16 Å². The highest BCUT2D eigenvalue weighted by molar-refractivity contribution is 5.90. The molecule has 0 spiro atoms. The molecule has 0 saturated heterocycles. The molecule has 1 amide bonds. The van der Waals surface area contributed by atoms with Crippen molar-refractivity contribution in [3.05, 3.63) is 48.1 Å². The number of anilines is 1. The largest absolute Gasteiger partial charge is 0.361 e. The van der Waals surface area contributed by atoms with Crippen LogP contribution in [0, 0.1) is 13.8 Å². The van der Waals surface area contributed by atoms with E-state index in [2.05, 4.69) is 20.6 Å². The lowest BCUT2D eigenvalue weighted by atomic mass is 10.2. The van der Waals surface area contributed by atoms with Gasteiger partial charge in [0.15, 0.2) is 0 Å². The van der Waals surface area contributed by atoms with Gasteiger partial charge in [-0.15, -0.1) is 0 Å². The number of amides is 1. The molecule has 108 valence electrons. The number of aryl methyl sites for hydroxylation is 2. The van der Waals surface area contributed by atoms with Crippen LogP contribution in [0.5, 0.6) is 0 Å². The zero-order chi connectivity index (χ0) is 14.8. The molecule has 0 aliphatic carbocycles. The Balaban J connectivity index is 1.71. The van der Waals surface area contributed by atoms with E-state index in [1.807, 2.05) is 13.8 Å². The molecule has 3 rings (SSSR count). The van der Waals surface area contributed by atoms with E-state index in [1.165, 1.54) is 10.9 Å². The second kappa shape index (κ2) is 5.23. The van der Waals surface area contributed by atoms with E-state index in [1.54, 1.807) is 29.5 Å². The molecule has 0 saturated carbocycles. The van der Waals surface area contributed by atoms with Crippen LogP contribution in [0.1, 0.15) is 17.0 Å². The number of hydrogen-bond acceptors (Lipinski definition) is 5. The lowest BCUT2D eigenvalue weighted by Crippen LogP contribution is -2.17. The smallest absolute Gasteiger partial charge is 0.331 e. The van der Waals surface area contributed by atoms with Gasteiger partial charge in [0.2, 0.25) is 0 Å². The van der Waals surface area contributed by atoms with Crippen LogP contribution in [0.3, 0.4) is 0 Å². The summed E-state index contributed by atoms with van der Waals surface area (Å²) in [6.45, 7) is 4.29. The molecule has 21 heavy (non-hydrogen) atoms. The molecule has 8 nitrogen and oxygen atoms in total. The zero-order valence-corrected chi connectivity index (χ0v) is 11.6. The predicted octanol–water partition coefficient (Wildman–Crippen LogP) is 1.81. The Kier molecular flexibility index (Phi) is 3.27. The molecule has 0 bridgehead atoms. The van der Waals surface area contributed by atoms with E-state index in [4.69, 9.17) is 4.52 Å². The SMILES string of the molecule is Cc1noc(C)c1Cn1cc(NC(=O)n2ccnc2)cn1. The molecule has 0 aliphatic rings. The van der Waals surface area contributed by atoms with Gasteiger partial charge in [0, 0.05) is 24.2 Å². The molecule has 0 aliphatic heterocycles. The van der Waals surface area contributed by atoms with Gasteiger partial charge in [0.25, 0.3) is 0 Å². The average molecular weight is 286 g/mol. The normalized spacial score (nSPS) is 10.8. The molecule has 0 atom stereocenters. The van der Waals surface area contributed by atoms with E-state index in [-0.39, 0.29) is 6.03 Å². The monoisotopic (exact) mass is 286 g/mol. The molecule has 3 aromatic rings. The maximum atomic E-state index is 11.9. The maximum absolute atomic E-state index is 11.9. The molecule has 0 fully saturated rings. The first kappa shape index (κ1) is 13.1. The fraction of sp³-hybridized carbons (Fsp3) is 0.231. The standard InChI is InChI=1S/C13H14N6O2/c1-9-12(10(2)21-17-9)7-19-6-11(5-15-19)16-13(20)18-4-3-14-8-18/h3-6,8H,7H2,1-2H3,(H,16,20). The molecule has 3 heterocycles. The van der Waals surface area contributed by atoms with Gasteiger partial charge in [-0.3, -0.25) is 9.25 Å². The number of imidazole rings is 1. The molecule has 8 heteroatoms. The fourth-order valence-electron chi connectivity index (χ4n) is 1.97. The first-order chi connectivity index (χ1) is 10.1. The van der Waals surface area contributed by atoms with Crippen LogP contribution in [-0.2, 0) is 6.54 Å². The van der Waals surface area contributed by atoms with Crippen LogP contribution in [0.2, 0.25) is 0 Å². The van der Waals surface area contributed by atoms with Crippen molar-refractivity contribution in [1.82, 2.24) is 24.5 Å². The number of rotatable bonds is 3. The number of carbonyl (C=O) groups is 1. The highest BCUT2D eigenvalue weighted by atomic mass is 16.5. The van der Waals surface area contributed by atoms with Crippen molar-refractivity contribution in [2.24, 2.45) is 0 Å². The third-order valence-corrected chi connectivity index (χ3v) is 3.12. The highest BCUT2D eigenvalue weighted by Crippen LogP contribution is 2.15. The third kappa shape index (κ3) is 2.69. The Labute approximate surface area is 120 Å². The number of hydrogen-bond donors (Lipinski definition) is 1. The Morgan fingerprint density at radius 3 is 2.95 bits per heavy atom. The molecule has 1 N–H and O–H groups in total. The van der Waals surface area contributed by atoms with Gasteiger partial charge < -0.3 is 9.84 Å². The summed E-state index contributed by atoms with van der Waals surface area (Å²) >= 11 is 0. The van der Waals surface area contributed by atoms with Crippen molar-refractivity contribution in [3.8, 4) is 0 Å². The number of aromatic nitrogens is 5. The minimum absolute atomic E-state index is 0.288. The topological polar surface area (TPSA) is 90.8 Å². The lowest BCUT2D eigenvalue weighted by molar-refractivity contribution is 0.253. The number of nitrogens with zero attached hydrogens (tertiary/aromatic N) is 5. The molecular weight excluding hydrogens is 272 g/mol. The van der Waals surface area contributed by atoms with E-state index in [0.29, 0.717) is 12.2 Å². The number of nitrogens with one attached hydrogen (secondary N) is 1. The summed E-state index contributed by atoms with van der Waals surface area (Å²) in [5, 5.41) is 10.9. The Hall–Kier alpha value is -2.90. The van der Waals surface area contributed by atoms with Crippen LogP contribution in [0.15, 0.2) is 35.6 Å². The van der Waals surface area contributed by atoms with Crippen LogP contribution in [0.25, 0.3) is 0 Å². The van der Waals surface area contributed by atoms with Crippen LogP contribution in [-0.4, -0.2) is 30.5 Å². The maximum Gasteiger partial charge on any atom is 0.331 e. The summed E-state index contributed by atoms with van der Waals surface area (Å²) in [4.78, 5) is 15.7. The van der Waals surface area contributed by atoms with Crippen molar-refractivity contribution in [3.63, 3.8) is 0 Å². The van der Waals surface area contributed by atoms with E-state index >= 15 is 0 Å². The van der Waals surface area contributed by atoms with Crippen molar-refractivity contribution >= 4 is 11.7 Å². The fourth-order valence-corrected chi connectivity index (χ4v) is 1.97. The predicted molar refractivity (Wildman–Crippen MR) is 73.9 cm³/mol. The van der Waals surface area contributed by atoms with Gasteiger partial charge in [0.05, 0.1) is 24.1 Å². The summed E-state index contributed by atoms with van der Waals surface area (Å²) in [6, 6.07) is -0.288. The molecule has 0 aromatic carbocycles. The van der Waals surface area contributed by atoms with Gasteiger partial charge in [0.1, 0.15) is 12.1 Å². The second-order valence-corrected chi connectivity index (χ2v) is 4.63. The van der Waals surface area contributed by atoms with Gasteiger partial charge in [-0.2, -0.15) is 5.10 Å². The summed E-state index contributed by atoms with van der Waals surface area (Å²) in [7, 11) is 0. The summed E-state index contributed by atoms with van der Waals surface area (Å²) in [5.41, 5.74) is 2.44. The summed E-state index contributed by atoms with van der Waals surface area (Å²) in [6.07, 6.45) is 7.89. The van der Waals surface area contributed by atoms with E-state index in [9.17, 15) is 4.79 Å². The Morgan fingerprint density at radius 2 is 2.29 bits per heavy atom. The quantitative estimate of drug-likeness (QED) is 0.793. The molecule has 3 aromatic heterocycles. The van der Waals surface area contributed by atoms with Crippen LogP contribution in [0.4, 0.5) is 10.5 Å². The summed E-state index contributed by atoms with van der Waals surface area (Å²) < 4.78 is 8.19. The summed E-state index contributed by atoms with van der Waals surface area (Å²) in [5.74, 6) is 0.770. The molecule has 0 radical (unpaired) electrons. The highest BCUT2D eigenvalue weighted by Gasteiger charge is 2.11. The first-order valence-corrected chi connectivity index (χ1v) is 6.37.